The first-order valence-corrected chi connectivity index (χ1v) is 10.7. The maximum absolute atomic E-state index is 14.1. The van der Waals surface area contributed by atoms with Crippen LogP contribution >= 0.6 is 0 Å². The smallest absolute Gasteiger partial charge is 0.396 e. The number of anilines is 2. The first-order valence-electron chi connectivity index (χ1n) is 10.7. The average Bonchev–Trinajstić information content (AvgIpc) is 3.05. The van der Waals surface area contributed by atoms with E-state index in [1.54, 1.807) is 0 Å². The molecule has 2 aromatic carbocycles. The lowest BCUT2D eigenvalue weighted by atomic mass is 10.0. The molecule has 1 heterocycles. The van der Waals surface area contributed by atoms with Crippen LogP contribution in [0, 0.1) is 11.6 Å². The van der Waals surface area contributed by atoms with Crippen LogP contribution in [0.3, 0.4) is 0 Å². The number of alkyl halides is 3. The van der Waals surface area contributed by atoms with E-state index in [1.165, 1.54) is 25.2 Å². The van der Waals surface area contributed by atoms with Crippen molar-refractivity contribution in [1.29, 1.82) is 0 Å². The second kappa shape index (κ2) is 9.36. The number of hydrogen-bond donors (Lipinski definition) is 2. The summed E-state index contributed by atoms with van der Waals surface area (Å²) in [6.45, 7) is 0. The summed E-state index contributed by atoms with van der Waals surface area (Å²) < 4.78 is 69.0. The van der Waals surface area contributed by atoms with Crippen molar-refractivity contribution in [1.82, 2.24) is 9.97 Å². The number of nitrogens with zero attached hydrogens (tertiary/aromatic N) is 3. The Morgan fingerprint density at radius 1 is 1.03 bits per heavy atom. The minimum Gasteiger partial charge on any atom is -0.396 e. The van der Waals surface area contributed by atoms with Gasteiger partial charge in [-0.1, -0.05) is 24.6 Å². The zero-order valence-corrected chi connectivity index (χ0v) is 18.3. The molecule has 1 aromatic heterocycles. The molecule has 0 saturated carbocycles. The molecule has 0 atom stereocenters. The van der Waals surface area contributed by atoms with Gasteiger partial charge in [-0.3, -0.25) is 4.99 Å². The van der Waals surface area contributed by atoms with E-state index in [0.29, 0.717) is 24.6 Å². The number of benzene rings is 2. The molecule has 0 fully saturated rings. The van der Waals surface area contributed by atoms with Crippen molar-refractivity contribution in [3.63, 3.8) is 0 Å². The van der Waals surface area contributed by atoms with Gasteiger partial charge in [0.1, 0.15) is 23.3 Å². The Hall–Kier alpha value is -3.56. The summed E-state index contributed by atoms with van der Waals surface area (Å²) in [5.74, 6) is -1.60. The van der Waals surface area contributed by atoms with Crippen LogP contribution in [0.2, 0.25) is 0 Å². The second-order valence-electron chi connectivity index (χ2n) is 7.97. The SMILES string of the molecule is CN=C(Nc1nc(-c2ccccc2C(F)(F)F)nc2c1CCCCC2)c1cc(F)cc(F)c1N. The standard InChI is InChI=1S/C24H22F5N5/c1-31-21(16-11-13(25)12-18(26)20(16)30)33-23-15-8-3-2-4-10-19(15)32-22(34-23)14-7-5-6-9-17(14)24(27,28)29/h5-7,9,11-12H,2-4,8,10,30H2,1H3,(H,31,32,33,34). The van der Waals surface area contributed by atoms with Gasteiger partial charge in [-0.15, -0.1) is 0 Å². The molecule has 34 heavy (non-hydrogen) atoms. The number of aromatic nitrogens is 2. The summed E-state index contributed by atoms with van der Waals surface area (Å²) in [6, 6.07) is 6.79. The van der Waals surface area contributed by atoms with Crippen molar-refractivity contribution in [2.45, 2.75) is 38.3 Å². The highest BCUT2D eigenvalue weighted by molar-refractivity contribution is 6.11. The van der Waals surface area contributed by atoms with Crippen LogP contribution < -0.4 is 11.1 Å². The third-order valence-electron chi connectivity index (χ3n) is 5.72. The molecule has 1 aliphatic carbocycles. The van der Waals surface area contributed by atoms with Gasteiger partial charge < -0.3 is 11.1 Å². The third-order valence-corrected chi connectivity index (χ3v) is 5.72. The van der Waals surface area contributed by atoms with Crippen molar-refractivity contribution in [2.75, 3.05) is 18.1 Å². The van der Waals surface area contributed by atoms with Gasteiger partial charge in [-0.05, 0) is 37.8 Å². The van der Waals surface area contributed by atoms with E-state index in [1.807, 2.05) is 0 Å². The predicted octanol–water partition coefficient (Wildman–Crippen LogP) is 5.78. The van der Waals surface area contributed by atoms with Gasteiger partial charge in [0.05, 0.1) is 11.3 Å². The number of rotatable bonds is 3. The molecule has 0 saturated heterocycles. The van der Waals surface area contributed by atoms with Crippen LogP contribution in [-0.2, 0) is 19.0 Å². The first-order chi connectivity index (χ1) is 16.2. The van der Waals surface area contributed by atoms with Gasteiger partial charge in [0.15, 0.2) is 5.82 Å². The van der Waals surface area contributed by atoms with Gasteiger partial charge in [0.2, 0.25) is 0 Å². The molecule has 178 valence electrons. The molecule has 0 radical (unpaired) electrons. The fourth-order valence-electron chi connectivity index (χ4n) is 4.06. The van der Waals surface area contributed by atoms with E-state index >= 15 is 0 Å². The van der Waals surface area contributed by atoms with Crippen molar-refractivity contribution in [2.24, 2.45) is 4.99 Å². The fourth-order valence-corrected chi connectivity index (χ4v) is 4.06. The molecular weight excluding hydrogens is 453 g/mol. The zero-order chi connectivity index (χ0) is 24.5. The fraction of sp³-hybridized carbons (Fsp3) is 0.292. The van der Waals surface area contributed by atoms with Crippen molar-refractivity contribution < 1.29 is 22.0 Å². The van der Waals surface area contributed by atoms with Crippen molar-refractivity contribution >= 4 is 17.3 Å². The summed E-state index contributed by atoms with van der Waals surface area (Å²) in [7, 11) is 1.41. The molecular formula is C24H22F5N5. The molecule has 1 aliphatic rings. The Balaban J connectivity index is 1.87. The predicted molar refractivity (Wildman–Crippen MR) is 121 cm³/mol. The number of aryl methyl sites for hydroxylation is 1. The molecule has 0 unspecified atom stereocenters. The number of nitrogens with two attached hydrogens (primary N) is 1. The van der Waals surface area contributed by atoms with Crippen LogP contribution in [0.15, 0.2) is 41.4 Å². The zero-order valence-electron chi connectivity index (χ0n) is 18.3. The Labute approximate surface area is 193 Å². The van der Waals surface area contributed by atoms with Gasteiger partial charge in [-0.2, -0.15) is 13.2 Å². The third kappa shape index (κ3) is 4.71. The lowest BCUT2D eigenvalue weighted by molar-refractivity contribution is -0.137. The van der Waals surface area contributed by atoms with Crippen LogP contribution in [0.4, 0.5) is 33.5 Å². The van der Waals surface area contributed by atoms with E-state index in [0.717, 1.165) is 37.0 Å². The highest BCUT2D eigenvalue weighted by Gasteiger charge is 2.34. The molecule has 0 bridgehead atoms. The Morgan fingerprint density at radius 3 is 2.50 bits per heavy atom. The molecule has 3 N–H and O–H groups in total. The maximum Gasteiger partial charge on any atom is 0.417 e. The van der Waals surface area contributed by atoms with E-state index in [2.05, 4.69) is 20.3 Å². The summed E-state index contributed by atoms with van der Waals surface area (Å²) >= 11 is 0. The number of aliphatic imine (C=N–C) groups is 1. The summed E-state index contributed by atoms with van der Waals surface area (Å²) in [5, 5.41) is 2.97. The highest BCUT2D eigenvalue weighted by atomic mass is 19.4. The molecule has 3 aromatic rings. The van der Waals surface area contributed by atoms with Crippen LogP contribution in [0.1, 0.15) is 41.6 Å². The minimum absolute atomic E-state index is 0.0155. The van der Waals surface area contributed by atoms with Gasteiger partial charge in [-0.25, -0.2) is 18.7 Å². The average molecular weight is 475 g/mol. The van der Waals surface area contributed by atoms with E-state index in [-0.39, 0.29) is 34.3 Å². The lowest BCUT2D eigenvalue weighted by Crippen LogP contribution is -2.20. The Kier molecular flexibility index (Phi) is 6.49. The number of halogens is 5. The van der Waals surface area contributed by atoms with Crippen molar-refractivity contribution in [3.8, 4) is 11.4 Å². The lowest BCUT2D eigenvalue weighted by Gasteiger charge is -2.18. The number of fused-ring (bicyclic) bond motifs is 1. The van der Waals surface area contributed by atoms with Crippen LogP contribution in [-0.4, -0.2) is 22.9 Å². The highest BCUT2D eigenvalue weighted by Crippen LogP contribution is 2.37. The maximum atomic E-state index is 14.1. The second-order valence-corrected chi connectivity index (χ2v) is 7.97. The quantitative estimate of drug-likeness (QED) is 0.166. The normalized spacial score (nSPS) is 14.5. The summed E-state index contributed by atoms with van der Waals surface area (Å²) in [6.07, 6.45) is -0.809. The number of hydrogen-bond acceptors (Lipinski definition) is 4. The number of amidine groups is 1. The molecule has 0 spiro atoms. The van der Waals surface area contributed by atoms with Crippen LogP contribution in [0.5, 0.6) is 0 Å². The minimum atomic E-state index is -4.59. The molecule has 10 heteroatoms. The molecule has 4 rings (SSSR count). The molecule has 0 aliphatic heterocycles. The summed E-state index contributed by atoms with van der Waals surface area (Å²) in [5.41, 5.74) is 5.85. The number of nitrogens with one attached hydrogen (secondary N) is 1. The van der Waals surface area contributed by atoms with E-state index in [4.69, 9.17) is 5.73 Å². The Bertz CT molecular complexity index is 1250. The van der Waals surface area contributed by atoms with Crippen LogP contribution in [0.25, 0.3) is 11.4 Å². The largest absolute Gasteiger partial charge is 0.417 e. The van der Waals surface area contributed by atoms with Gasteiger partial charge >= 0.3 is 6.18 Å². The van der Waals surface area contributed by atoms with E-state index < -0.39 is 23.4 Å². The molecule has 0 amide bonds. The molecule has 5 nitrogen and oxygen atoms in total. The first kappa shape index (κ1) is 23.6. The van der Waals surface area contributed by atoms with Crippen molar-refractivity contribution in [3.05, 3.63) is 70.4 Å². The monoisotopic (exact) mass is 475 g/mol. The Morgan fingerprint density at radius 2 is 1.76 bits per heavy atom. The van der Waals surface area contributed by atoms with Gasteiger partial charge in [0, 0.05) is 35.5 Å². The van der Waals surface area contributed by atoms with Gasteiger partial charge in [0.25, 0.3) is 0 Å². The van der Waals surface area contributed by atoms with E-state index in [9.17, 15) is 22.0 Å². The number of nitrogen functional groups attached to an aromatic ring is 1. The summed E-state index contributed by atoms with van der Waals surface area (Å²) in [4.78, 5) is 13.0. The topological polar surface area (TPSA) is 76.2 Å².